The first kappa shape index (κ1) is 13.9. The number of methoxy groups -OCH3 is 1. The molecular weight excluding hydrogens is 264 g/mol. The Morgan fingerprint density at radius 2 is 2.15 bits per heavy atom. The van der Waals surface area contributed by atoms with Gasteiger partial charge >= 0.3 is 5.97 Å². The van der Waals surface area contributed by atoms with E-state index in [-0.39, 0.29) is 35.9 Å². The Kier molecular flexibility index (Phi) is 3.60. The molecule has 0 spiro atoms. The van der Waals surface area contributed by atoms with Crippen LogP contribution in [0, 0.1) is 5.92 Å². The summed E-state index contributed by atoms with van der Waals surface area (Å²) in [6.07, 6.45) is -0.00833. The van der Waals surface area contributed by atoms with Crippen LogP contribution in [0.2, 0.25) is 0 Å². The number of primary amides is 1. The molecule has 1 fully saturated rings. The van der Waals surface area contributed by atoms with Crippen LogP contribution in [-0.2, 0) is 9.59 Å². The molecule has 2 amide bonds. The maximum Gasteiger partial charge on any atom is 0.341 e. The number of rotatable bonds is 4. The Hall–Kier alpha value is -2.57. The molecule has 20 heavy (non-hydrogen) atoms. The van der Waals surface area contributed by atoms with Crippen molar-refractivity contribution in [2.45, 2.75) is 6.42 Å². The van der Waals surface area contributed by atoms with E-state index in [1.807, 2.05) is 0 Å². The van der Waals surface area contributed by atoms with Crippen molar-refractivity contribution in [2.75, 3.05) is 18.6 Å². The highest BCUT2D eigenvalue weighted by atomic mass is 16.5. The van der Waals surface area contributed by atoms with Gasteiger partial charge in [0.25, 0.3) is 0 Å². The zero-order valence-corrected chi connectivity index (χ0v) is 10.8. The lowest BCUT2D eigenvalue weighted by atomic mass is 10.1. The van der Waals surface area contributed by atoms with Crippen molar-refractivity contribution in [1.29, 1.82) is 0 Å². The van der Waals surface area contributed by atoms with Gasteiger partial charge in [0.2, 0.25) is 11.8 Å². The summed E-state index contributed by atoms with van der Waals surface area (Å²) < 4.78 is 5.01. The molecule has 1 unspecified atom stereocenters. The topological polar surface area (TPSA) is 110 Å². The predicted octanol–water partition coefficient (Wildman–Crippen LogP) is 0.232. The van der Waals surface area contributed by atoms with E-state index < -0.39 is 17.8 Å². The zero-order valence-electron chi connectivity index (χ0n) is 10.8. The van der Waals surface area contributed by atoms with Crippen LogP contribution in [0.4, 0.5) is 5.69 Å². The smallest absolute Gasteiger partial charge is 0.341 e. The van der Waals surface area contributed by atoms with Gasteiger partial charge in [-0.05, 0) is 12.1 Å². The molecular formula is C13H14N2O5. The third-order valence-electron chi connectivity index (χ3n) is 3.26. The van der Waals surface area contributed by atoms with Gasteiger partial charge in [0.15, 0.2) is 0 Å². The number of anilines is 1. The van der Waals surface area contributed by atoms with E-state index >= 15 is 0 Å². The molecule has 1 heterocycles. The predicted molar refractivity (Wildman–Crippen MR) is 69.6 cm³/mol. The summed E-state index contributed by atoms with van der Waals surface area (Å²) in [5.41, 5.74) is 5.31. The number of benzene rings is 1. The van der Waals surface area contributed by atoms with Crippen LogP contribution >= 0.6 is 0 Å². The number of hydrogen-bond donors (Lipinski definition) is 2. The van der Waals surface area contributed by atoms with Crippen molar-refractivity contribution in [3.05, 3.63) is 23.8 Å². The van der Waals surface area contributed by atoms with Gasteiger partial charge in [0.1, 0.15) is 11.3 Å². The molecule has 106 valence electrons. The van der Waals surface area contributed by atoms with E-state index in [0.29, 0.717) is 0 Å². The Bertz CT molecular complexity index is 584. The maximum atomic E-state index is 11.9. The van der Waals surface area contributed by atoms with Crippen molar-refractivity contribution >= 4 is 23.5 Å². The first-order valence-electron chi connectivity index (χ1n) is 5.95. The Morgan fingerprint density at radius 3 is 2.65 bits per heavy atom. The second kappa shape index (κ2) is 5.20. The summed E-state index contributed by atoms with van der Waals surface area (Å²) in [6, 6.07) is 4.60. The van der Waals surface area contributed by atoms with Crippen LogP contribution in [0.25, 0.3) is 0 Å². The molecule has 2 rings (SSSR count). The van der Waals surface area contributed by atoms with Gasteiger partial charge < -0.3 is 20.5 Å². The highest BCUT2D eigenvalue weighted by Crippen LogP contribution is 2.33. The number of hydrogen-bond acceptors (Lipinski definition) is 4. The molecule has 0 aliphatic carbocycles. The molecule has 0 radical (unpaired) electrons. The second-order valence-electron chi connectivity index (χ2n) is 4.47. The van der Waals surface area contributed by atoms with Gasteiger partial charge in [-0.2, -0.15) is 0 Å². The summed E-state index contributed by atoms with van der Waals surface area (Å²) >= 11 is 0. The zero-order chi connectivity index (χ0) is 14.9. The van der Waals surface area contributed by atoms with Crippen LogP contribution in [0.1, 0.15) is 16.8 Å². The van der Waals surface area contributed by atoms with Crippen molar-refractivity contribution < 1.29 is 24.2 Å². The van der Waals surface area contributed by atoms with Gasteiger partial charge in [-0.25, -0.2) is 4.79 Å². The molecule has 1 aromatic rings. The van der Waals surface area contributed by atoms with Crippen molar-refractivity contribution in [3.63, 3.8) is 0 Å². The first-order valence-corrected chi connectivity index (χ1v) is 5.95. The van der Waals surface area contributed by atoms with E-state index in [1.165, 1.54) is 24.1 Å². The summed E-state index contributed by atoms with van der Waals surface area (Å²) in [5, 5.41) is 9.29. The van der Waals surface area contributed by atoms with Crippen molar-refractivity contribution in [1.82, 2.24) is 0 Å². The third kappa shape index (κ3) is 2.29. The molecule has 1 atom stereocenters. The quantitative estimate of drug-likeness (QED) is 0.819. The Morgan fingerprint density at radius 1 is 1.45 bits per heavy atom. The van der Waals surface area contributed by atoms with Crippen LogP contribution < -0.4 is 15.4 Å². The number of carboxylic acid groups (broad SMARTS) is 1. The highest BCUT2D eigenvalue weighted by molar-refractivity contribution is 6.06. The minimum Gasteiger partial charge on any atom is -0.496 e. The van der Waals surface area contributed by atoms with E-state index in [0.717, 1.165) is 0 Å². The van der Waals surface area contributed by atoms with Crippen LogP contribution in [0.5, 0.6) is 5.75 Å². The number of ether oxygens (including phenoxy) is 1. The number of aromatic carboxylic acids is 1. The van der Waals surface area contributed by atoms with E-state index in [4.69, 9.17) is 10.5 Å². The monoisotopic (exact) mass is 278 g/mol. The summed E-state index contributed by atoms with van der Waals surface area (Å²) in [5.74, 6) is -2.54. The lowest BCUT2D eigenvalue weighted by Crippen LogP contribution is -2.29. The van der Waals surface area contributed by atoms with Crippen LogP contribution in [-0.4, -0.2) is 36.5 Å². The minimum absolute atomic E-state index is 0.00833. The Labute approximate surface area is 114 Å². The number of carbonyl (C=O) groups is 3. The Balaban J connectivity index is 2.45. The number of carbonyl (C=O) groups excluding carboxylic acids is 2. The first-order chi connectivity index (χ1) is 9.45. The second-order valence-corrected chi connectivity index (χ2v) is 4.47. The molecule has 1 saturated heterocycles. The van der Waals surface area contributed by atoms with Gasteiger partial charge in [0, 0.05) is 13.0 Å². The molecule has 7 nitrogen and oxygen atoms in total. The minimum atomic E-state index is -1.20. The molecule has 0 aromatic heterocycles. The number of nitrogens with zero attached hydrogens (tertiary/aromatic N) is 1. The fourth-order valence-electron chi connectivity index (χ4n) is 2.26. The molecule has 7 heteroatoms. The highest BCUT2D eigenvalue weighted by Gasteiger charge is 2.36. The average molecular weight is 278 g/mol. The largest absolute Gasteiger partial charge is 0.496 e. The van der Waals surface area contributed by atoms with Gasteiger partial charge in [-0.3, -0.25) is 9.59 Å². The fraction of sp³-hybridized carbons (Fsp3) is 0.308. The van der Waals surface area contributed by atoms with Crippen LogP contribution in [0.15, 0.2) is 18.2 Å². The fourth-order valence-corrected chi connectivity index (χ4v) is 2.26. The lowest BCUT2D eigenvalue weighted by Gasteiger charge is -2.20. The standard InChI is InChI=1S/C13H14N2O5/c1-20-9-4-2-3-8(11(9)13(18)19)15-6-7(12(14)17)5-10(15)16/h2-4,7H,5-6H2,1H3,(H2,14,17)(H,18,19). The summed E-state index contributed by atoms with van der Waals surface area (Å²) in [6.45, 7) is 0.0849. The van der Waals surface area contributed by atoms with E-state index in [9.17, 15) is 19.5 Å². The summed E-state index contributed by atoms with van der Waals surface area (Å²) in [4.78, 5) is 35.8. The van der Waals surface area contributed by atoms with E-state index in [2.05, 4.69) is 0 Å². The normalized spacial score (nSPS) is 18.1. The van der Waals surface area contributed by atoms with Gasteiger partial charge in [-0.15, -0.1) is 0 Å². The average Bonchev–Trinajstić information content (AvgIpc) is 2.79. The molecule has 1 aliphatic heterocycles. The van der Waals surface area contributed by atoms with E-state index in [1.54, 1.807) is 6.07 Å². The number of nitrogens with two attached hydrogens (primary N) is 1. The van der Waals surface area contributed by atoms with Gasteiger partial charge in [0.05, 0.1) is 18.7 Å². The lowest BCUT2D eigenvalue weighted by molar-refractivity contribution is -0.123. The molecule has 1 aromatic carbocycles. The number of amides is 2. The third-order valence-corrected chi connectivity index (χ3v) is 3.26. The number of carboxylic acids is 1. The van der Waals surface area contributed by atoms with Crippen molar-refractivity contribution in [2.24, 2.45) is 11.7 Å². The van der Waals surface area contributed by atoms with Gasteiger partial charge in [-0.1, -0.05) is 6.07 Å². The molecule has 1 aliphatic rings. The molecule has 3 N–H and O–H groups in total. The molecule has 0 saturated carbocycles. The van der Waals surface area contributed by atoms with Crippen molar-refractivity contribution in [3.8, 4) is 5.75 Å². The summed E-state index contributed by atoms with van der Waals surface area (Å²) in [7, 11) is 1.35. The SMILES string of the molecule is COc1cccc(N2CC(C(N)=O)CC2=O)c1C(=O)O. The van der Waals surface area contributed by atoms with Crippen LogP contribution in [0.3, 0.4) is 0 Å². The maximum absolute atomic E-state index is 11.9. The molecule has 0 bridgehead atoms.